The maximum atomic E-state index is 10.8. The number of hydrogen-bond acceptors (Lipinski definition) is 5. The van der Waals surface area contributed by atoms with Gasteiger partial charge in [-0.25, -0.2) is 0 Å². The number of nitro groups is 1. The predicted molar refractivity (Wildman–Crippen MR) is 123 cm³/mol. The van der Waals surface area contributed by atoms with Gasteiger partial charge in [-0.3, -0.25) is 10.1 Å². The third-order valence-electron chi connectivity index (χ3n) is 4.76. The molecule has 0 aliphatic carbocycles. The summed E-state index contributed by atoms with van der Waals surface area (Å²) >= 11 is 6.52. The molecule has 0 spiro atoms. The van der Waals surface area contributed by atoms with Crippen LogP contribution in [0.2, 0.25) is 5.02 Å². The molecule has 0 bridgehead atoms. The maximum absolute atomic E-state index is 10.8. The Kier molecular flexibility index (Phi) is 7.36. The van der Waals surface area contributed by atoms with Crippen LogP contribution < -0.4 is 14.8 Å². The summed E-state index contributed by atoms with van der Waals surface area (Å²) in [4.78, 5) is 10.4. The van der Waals surface area contributed by atoms with Crippen LogP contribution in [0.25, 0.3) is 0 Å². The number of rotatable bonds is 9. The Morgan fingerprint density at radius 2 is 1.74 bits per heavy atom. The standard InChI is InChI=1S/C24H25ClN2O4/c1-4-30-23-13-19(14-26-22-10-5-16(2)11-17(22)3)12-21(25)24(23)31-15-18-6-8-20(9-7-18)27(28)29/h5-13,26H,4,14-15H2,1-3H3. The lowest BCUT2D eigenvalue weighted by atomic mass is 10.1. The van der Waals surface area contributed by atoms with Gasteiger partial charge >= 0.3 is 0 Å². The van der Waals surface area contributed by atoms with Crippen molar-refractivity contribution in [3.8, 4) is 11.5 Å². The molecule has 7 heteroatoms. The summed E-state index contributed by atoms with van der Waals surface area (Å²) in [5, 5.41) is 14.7. The molecule has 0 radical (unpaired) electrons. The molecule has 0 saturated carbocycles. The molecule has 0 saturated heterocycles. The zero-order valence-electron chi connectivity index (χ0n) is 17.8. The van der Waals surface area contributed by atoms with Gasteiger partial charge in [0.15, 0.2) is 11.5 Å². The lowest BCUT2D eigenvalue weighted by molar-refractivity contribution is -0.384. The minimum atomic E-state index is -0.431. The smallest absolute Gasteiger partial charge is 0.269 e. The summed E-state index contributed by atoms with van der Waals surface area (Å²) in [6.07, 6.45) is 0. The van der Waals surface area contributed by atoms with E-state index in [0.29, 0.717) is 29.7 Å². The summed E-state index contributed by atoms with van der Waals surface area (Å²) in [5.74, 6) is 1.02. The fourth-order valence-corrected chi connectivity index (χ4v) is 3.49. The average Bonchev–Trinajstić information content (AvgIpc) is 2.73. The molecule has 0 aliphatic rings. The van der Waals surface area contributed by atoms with Gasteiger partial charge in [-0.1, -0.05) is 29.3 Å². The van der Waals surface area contributed by atoms with Crippen LogP contribution in [0.3, 0.4) is 0 Å². The normalized spacial score (nSPS) is 10.6. The number of anilines is 1. The first-order chi connectivity index (χ1) is 14.9. The predicted octanol–water partition coefficient (Wildman–Crippen LogP) is 6.45. The largest absolute Gasteiger partial charge is 0.490 e. The number of nitro benzene ring substituents is 1. The second kappa shape index (κ2) is 10.2. The number of non-ortho nitro benzene ring substituents is 1. The molecule has 0 atom stereocenters. The quantitative estimate of drug-likeness (QED) is 0.305. The Bertz CT molecular complexity index is 1070. The van der Waals surface area contributed by atoms with E-state index in [4.69, 9.17) is 21.1 Å². The van der Waals surface area contributed by atoms with Crippen LogP contribution in [0, 0.1) is 24.0 Å². The minimum absolute atomic E-state index is 0.0393. The van der Waals surface area contributed by atoms with Crippen molar-refractivity contribution in [3.05, 3.63) is 92.0 Å². The third kappa shape index (κ3) is 5.89. The topological polar surface area (TPSA) is 73.6 Å². The number of nitrogens with zero attached hydrogens (tertiary/aromatic N) is 1. The first kappa shape index (κ1) is 22.4. The van der Waals surface area contributed by atoms with Gasteiger partial charge in [-0.15, -0.1) is 0 Å². The van der Waals surface area contributed by atoms with Crippen molar-refractivity contribution in [2.75, 3.05) is 11.9 Å². The molecule has 0 aliphatic heterocycles. The molecule has 0 heterocycles. The van der Waals surface area contributed by atoms with Crippen LogP contribution >= 0.6 is 11.6 Å². The number of aryl methyl sites for hydroxylation is 2. The molecule has 31 heavy (non-hydrogen) atoms. The Hall–Kier alpha value is -3.25. The van der Waals surface area contributed by atoms with E-state index >= 15 is 0 Å². The van der Waals surface area contributed by atoms with Crippen molar-refractivity contribution in [1.82, 2.24) is 0 Å². The summed E-state index contributed by atoms with van der Waals surface area (Å²) < 4.78 is 11.7. The first-order valence-corrected chi connectivity index (χ1v) is 10.4. The maximum Gasteiger partial charge on any atom is 0.269 e. The number of halogens is 1. The summed E-state index contributed by atoms with van der Waals surface area (Å²) in [6, 6.07) is 16.3. The highest BCUT2D eigenvalue weighted by Crippen LogP contribution is 2.37. The molecule has 0 unspecified atom stereocenters. The van der Waals surface area contributed by atoms with Gasteiger partial charge in [0.25, 0.3) is 5.69 Å². The van der Waals surface area contributed by atoms with Gasteiger partial charge in [-0.2, -0.15) is 0 Å². The lowest BCUT2D eigenvalue weighted by Gasteiger charge is -2.16. The Labute approximate surface area is 186 Å². The molecule has 0 aromatic heterocycles. The molecule has 3 rings (SSSR count). The average molecular weight is 441 g/mol. The van der Waals surface area contributed by atoms with Crippen LogP contribution in [-0.4, -0.2) is 11.5 Å². The van der Waals surface area contributed by atoms with Crippen LogP contribution in [0.5, 0.6) is 11.5 Å². The van der Waals surface area contributed by atoms with Crippen molar-refractivity contribution in [2.45, 2.75) is 33.9 Å². The van der Waals surface area contributed by atoms with Crippen LogP contribution in [0.4, 0.5) is 11.4 Å². The van der Waals surface area contributed by atoms with Gasteiger partial charge in [0, 0.05) is 24.4 Å². The second-order valence-electron chi connectivity index (χ2n) is 7.22. The fraction of sp³-hybridized carbons (Fsp3) is 0.250. The fourth-order valence-electron chi connectivity index (χ4n) is 3.21. The van der Waals surface area contributed by atoms with Crippen molar-refractivity contribution >= 4 is 23.0 Å². The van der Waals surface area contributed by atoms with Crippen LogP contribution in [0.1, 0.15) is 29.2 Å². The SMILES string of the molecule is CCOc1cc(CNc2ccc(C)cc2C)cc(Cl)c1OCc1ccc([N+](=O)[O-])cc1. The van der Waals surface area contributed by atoms with E-state index in [2.05, 4.69) is 37.4 Å². The number of nitrogens with one attached hydrogen (secondary N) is 1. The van der Waals surface area contributed by atoms with Crippen molar-refractivity contribution in [2.24, 2.45) is 0 Å². The Morgan fingerprint density at radius 3 is 2.39 bits per heavy atom. The van der Waals surface area contributed by atoms with E-state index in [0.717, 1.165) is 16.8 Å². The molecule has 3 aromatic carbocycles. The lowest BCUT2D eigenvalue weighted by Crippen LogP contribution is -2.04. The van der Waals surface area contributed by atoms with Crippen LogP contribution in [-0.2, 0) is 13.2 Å². The van der Waals surface area contributed by atoms with Crippen molar-refractivity contribution in [3.63, 3.8) is 0 Å². The third-order valence-corrected chi connectivity index (χ3v) is 5.05. The number of ether oxygens (including phenoxy) is 2. The highest BCUT2D eigenvalue weighted by Gasteiger charge is 2.14. The molecule has 6 nitrogen and oxygen atoms in total. The van der Waals surface area contributed by atoms with Gasteiger partial charge in [-0.05, 0) is 67.8 Å². The van der Waals surface area contributed by atoms with E-state index < -0.39 is 4.92 Å². The number of hydrogen-bond donors (Lipinski definition) is 1. The van der Waals surface area contributed by atoms with E-state index in [1.807, 2.05) is 19.1 Å². The monoisotopic (exact) mass is 440 g/mol. The van der Waals surface area contributed by atoms with E-state index in [1.54, 1.807) is 12.1 Å². The number of benzene rings is 3. The second-order valence-corrected chi connectivity index (χ2v) is 7.63. The zero-order valence-corrected chi connectivity index (χ0v) is 18.5. The van der Waals surface area contributed by atoms with Gasteiger partial charge in [0.05, 0.1) is 16.6 Å². The van der Waals surface area contributed by atoms with Crippen LogP contribution in [0.15, 0.2) is 54.6 Å². The highest BCUT2D eigenvalue weighted by molar-refractivity contribution is 6.32. The Morgan fingerprint density at radius 1 is 1.00 bits per heavy atom. The molecule has 0 fully saturated rings. The molecule has 1 N–H and O–H groups in total. The minimum Gasteiger partial charge on any atom is -0.490 e. The molecule has 3 aromatic rings. The van der Waals surface area contributed by atoms with Gasteiger partial charge < -0.3 is 14.8 Å². The molecule has 162 valence electrons. The molecular weight excluding hydrogens is 416 g/mol. The van der Waals surface area contributed by atoms with Gasteiger partial charge in [0.1, 0.15) is 6.61 Å². The summed E-state index contributed by atoms with van der Waals surface area (Å²) in [7, 11) is 0. The van der Waals surface area contributed by atoms with E-state index in [1.165, 1.54) is 23.3 Å². The summed E-state index contributed by atoms with van der Waals surface area (Å²) in [6.45, 7) is 7.32. The molecule has 0 amide bonds. The van der Waals surface area contributed by atoms with Crippen molar-refractivity contribution < 1.29 is 14.4 Å². The highest BCUT2D eigenvalue weighted by atomic mass is 35.5. The first-order valence-electron chi connectivity index (χ1n) is 10.00. The summed E-state index contributed by atoms with van der Waals surface area (Å²) in [5.41, 5.74) is 5.27. The van der Waals surface area contributed by atoms with E-state index in [9.17, 15) is 10.1 Å². The Balaban J connectivity index is 1.74. The molecular formula is C24H25ClN2O4. The van der Waals surface area contributed by atoms with E-state index in [-0.39, 0.29) is 12.3 Å². The zero-order chi connectivity index (χ0) is 22.4. The van der Waals surface area contributed by atoms with Crippen molar-refractivity contribution in [1.29, 1.82) is 0 Å². The van der Waals surface area contributed by atoms with Gasteiger partial charge in [0.2, 0.25) is 0 Å².